The summed E-state index contributed by atoms with van der Waals surface area (Å²) in [6, 6.07) is 8.42. The van der Waals surface area contributed by atoms with Gasteiger partial charge in [0, 0.05) is 5.56 Å². The van der Waals surface area contributed by atoms with E-state index in [0.717, 1.165) is 55.2 Å². The molecule has 172 valence electrons. The minimum absolute atomic E-state index is 0. The number of unbranched alkanes of at least 4 members (excludes halogenated alkanes) is 1. The lowest BCUT2D eigenvalue weighted by atomic mass is 9.96. The van der Waals surface area contributed by atoms with Gasteiger partial charge in [0.05, 0.1) is 11.7 Å². The maximum absolute atomic E-state index is 12.5. The first kappa shape index (κ1) is 26.8. The fourth-order valence-electron chi connectivity index (χ4n) is 3.53. The van der Waals surface area contributed by atoms with Crippen molar-refractivity contribution in [3.05, 3.63) is 41.5 Å². The average molecular weight is 450 g/mol. The number of carbonyl (C=O) groups is 1. The quantitative estimate of drug-likeness (QED) is 0.255. The van der Waals surface area contributed by atoms with E-state index in [0.29, 0.717) is 24.2 Å². The second kappa shape index (κ2) is 13.2. The van der Waals surface area contributed by atoms with Gasteiger partial charge in [-0.2, -0.15) is 0 Å². The summed E-state index contributed by atoms with van der Waals surface area (Å²) in [7, 11) is 0. The second-order valence-electron chi connectivity index (χ2n) is 7.76. The Morgan fingerprint density at radius 1 is 1.06 bits per heavy atom. The molecule has 0 spiro atoms. The molecule has 0 aliphatic rings. The Labute approximate surface area is 191 Å². The van der Waals surface area contributed by atoms with E-state index in [9.17, 15) is 15.0 Å². The number of nitrogens with one attached hydrogen (secondary N) is 1. The molecule has 1 amide bonds. The van der Waals surface area contributed by atoms with Crippen molar-refractivity contribution in [1.29, 1.82) is 0 Å². The number of benzene rings is 2. The van der Waals surface area contributed by atoms with Crippen molar-refractivity contribution in [1.82, 2.24) is 0 Å². The number of rotatable bonds is 11. The average Bonchev–Trinajstić information content (AvgIpc) is 2.72. The number of aromatic hydroxyl groups is 2. The molecular weight excluding hydrogens is 414 g/mol. The van der Waals surface area contributed by atoms with Crippen LogP contribution in [0.4, 0.5) is 5.69 Å². The molecule has 2 rings (SSSR count). The highest BCUT2D eigenvalue weighted by Crippen LogP contribution is 2.39. The normalized spacial score (nSPS) is 11.6. The van der Waals surface area contributed by atoms with Gasteiger partial charge in [0.2, 0.25) is 5.91 Å². The summed E-state index contributed by atoms with van der Waals surface area (Å²) in [5, 5.41) is 23.8. The number of amides is 1. The SMILES string of the molecule is CCCc1cc(NC(=O)[C@@H](N)CCCCN)c(O)c(-c2ccc(O)c(CCC)c2)c1.Cl. The zero-order valence-electron chi connectivity index (χ0n) is 18.5. The number of phenolic OH excluding ortho intramolecular Hbond substituents is 2. The highest BCUT2D eigenvalue weighted by molar-refractivity contribution is 5.97. The molecule has 0 saturated heterocycles. The Bertz CT molecular complexity index is 858. The predicted octanol–water partition coefficient (Wildman–Crippen LogP) is 4.49. The molecule has 0 aliphatic heterocycles. The van der Waals surface area contributed by atoms with Gasteiger partial charge in [-0.25, -0.2) is 0 Å². The molecule has 0 fully saturated rings. The van der Waals surface area contributed by atoms with Crippen LogP contribution in [0, 0.1) is 0 Å². The molecule has 31 heavy (non-hydrogen) atoms. The molecule has 1 atom stereocenters. The first-order chi connectivity index (χ1) is 14.4. The number of nitrogens with two attached hydrogens (primary N) is 2. The lowest BCUT2D eigenvalue weighted by molar-refractivity contribution is -0.117. The number of phenols is 2. The van der Waals surface area contributed by atoms with Gasteiger partial charge >= 0.3 is 0 Å². The van der Waals surface area contributed by atoms with Gasteiger partial charge in [-0.15, -0.1) is 12.4 Å². The summed E-state index contributed by atoms with van der Waals surface area (Å²) in [6.45, 7) is 4.71. The van der Waals surface area contributed by atoms with Gasteiger partial charge in [0.15, 0.2) is 0 Å². The van der Waals surface area contributed by atoms with E-state index in [2.05, 4.69) is 19.2 Å². The Morgan fingerprint density at radius 2 is 1.77 bits per heavy atom. The zero-order valence-corrected chi connectivity index (χ0v) is 19.3. The van der Waals surface area contributed by atoms with Crippen molar-refractivity contribution in [3.8, 4) is 22.6 Å². The van der Waals surface area contributed by atoms with Crippen LogP contribution in [0.5, 0.6) is 11.5 Å². The van der Waals surface area contributed by atoms with Crippen molar-refractivity contribution in [2.45, 2.75) is 64.8 Å². The van der Waals surface area contributed by atoms with E-state index >= 15 is 0 Å². The molecule has 0 aliphatic carbocycles. The topological polar surface area (TPSA) is 122 Å². The Balaban J connectivity index is 0.00000480. The Hall–Kier alpha value is -2.28. The van der Waals surface area contributed by atoms with Crippen LogP contribution in [-0.2, 0) is 17.6 Å². The van der Waals surface area contributed by atoms with Crippen molar-refractivity contribution < 1.29 is 15.0 Å². The molecule has 0 unspecified atom stereocenters. The van der Waals surface area contributed by atoms with Crippen molar-refractivity contribution >= 4 is 24.0 Å². The summed E-state index contributed by atoms with van der Waals surface area (Å²) in [5.41, 5.74) is 15.2. The fourth-order valence-corrected chi connectivity index (χ4v) is 3.53. The van der Waals surface area contributed by atoms with Gasteiger partial charge in [-0.3, -0.25) is 4.79 Å². The summed E-state index contributed by atoms with van der Waals surface area (Å²) < 4.78 is 0. The van der Waals surface area contributed by atoms with Crippen LogP contribution < -0.4 is 16.8 Å². The third-order valence-electron chi connectivity index (χ3n) is 5.18. The van der Waals surface area contributed by atoms with E-state index in [1.807, 2.05) is 12.1 Å². The number of hydrogen-bond donors (Lipinski definition) is 5. The third-order valence-corrected chi connectivity index (χ3v) is 5.18. The molecular formula is C24H36ClN3O3. The van der Waals surface area contributed by atoms with E-state index in [-0.39, 0.29) is 29.8 Å². The van der Waals surface area contributed by atoms with Crippen molar-refractivity contribution in [2.24, 2.45) is 11.5 Å². The molecule has 7 N–H and O–H groups in total. The molecule has 2 aromatic rings. The van der Waals surface area contributed by atoms with Gasteiger partial charge in [0.25, 0.3) is 0 Å². The van der Waals surface area contributed by atoms with Crippen LogP contribution in [0.3, 0.4) is 0 Å². The lowest BCUT2D eigenvalue weighted by Gasteiger charge is -2.17. The molecule has 0 bridgehead atoms. The van der Waals surface area contributed by atoms with Crippen molar-refractivity contribution in [2.75, 3.05) is 11.9 Å². The third kappa shape index (κ3) is 7.42. The van der Waals surface area contributed by atoms with Crippen LogP contribution in [0.2, 0.25) is 0 Å². The molecule has 7 heteroatoms. The van der Waals surface area contributed by atoms with E-state index in [4.69, 9.17) is 11.5 Å². The lowest BCUT2D eigenvalue weighted by Crippen LogP contribution is -2.35. The van der Waals surface area contributed by atoms with Crippen LogP contribution >= 0.6 is 12.4 Å². The largest absolute Gasteiger partial charge is 0.508 e. The predicted molar refractivity (Wildman–Crippen MR) is 130 cm³/mol. The molecule has 0 heterocycles. The summed E-state index contributed by atoms with van der Waals surface area (Å²) in [4.78, 5) is 12.5. The summed E-state index contributed by atoms with van der Waals surface area (Å²) >= 11 is 0. The monoisotopic (exact) mass is 449 g/mol. The maximum atomic E-state index is 12.5. The number of hydrogen-bond acceptors (Lipinski definition) is 5. The fraction of sp³-hybridized carbons (Fsp3) is 0.458. The second-order valence-corrected chi connectivity index (χ2v) is 7.76. The zero-order chi connectivity index (χ0) is 22.1. The van der Waals surface area contributed by atoms with Crippen molar-refractivity contribution in [3.63, 3.8) is 0 Å². The van der Waals surface area contributed by atoms with Gasteiger partial charge in [-0.05, 0) is 73.2 Å². The van der Waals surface area contributed by atoms with E-state index in [1.54, 1.807) is 18.2 Å². The molecule has 0 saturated carbocycles. The Morgan fingerprint density at radius 3 is 2.42 bits per heavy atom. The molecule has 2 aromatic carbocycles. The molecule has 6 nitrogen and oxygen atoms in total. The van der Waals surface area contributed by atoms with E-state index < -0.39 is 6.04 Å². The minimum atomic E-state index is -0.654. The van der Waals surface area contributed by atoms with E-state index in [1.165, 1.54) is 0 Å². The standard InChI is InChI=1S/C24H35N3O3.ClH/c1-3-7-16-13-19(17-10-11-22(28)18(15-17)8-4-2)23(29)21(14-16)27-24(30)20(26)9-5-6-12-25;/h10-11,13-15,20,28-29H,3-9,12,25-26H2,1-2H3,(H,27,30);1H/t20-;/m0./s1. The van der Waals surface area contributed by atoms with Crippen LogP contribution in [0.15, 0.2) is 30.3 Å². The first-order valence-corrected chi connectivity index (χ1v) is 10.9. The maximum Gasteiger partial charge on any atom is 0.241 e. The van der Waals surface area contributed by atoms with Gasteiger partial charge in [0.1, 0.15) is 11.5 Å². The Kier molecular flexibility index (Phi) is 11.4. The summed E-state index contributed by atoms with van der Waals surface area (Å²) in [5.74, 6) is -0.0634. The van der Waals surface area contributed by atoms with Crippen LogP contribution in [0.25, 0.3) is 11.1 Å². The summed E-state index contributed by atoms with van der Waals surface area (Å²) in [6.07, 6.45) is 5.56. The minimum Gasteiger partial charge on any atom is -0.508 e. The molecule has 0 radical (unpaired) electrons. The highest BCUT2D eigenvalue weighted by atomic mass is 35.5. The van der Waals surface area contributed by atoms with Gasteiger partial charge in [-0.1, -0.05) is 39.2 Å². The van der Waals surface area contributed by atoms with Gasteiger partial charge < -0.3 is 27.0 Å². The number of carbonyl (C=O) groups excluding carboxylic acids is 1. The molecule has 0 aromatic heterocycles. The van der Waals surface area contributed by atoms with Crippen LogP contribution in [0.1, 0.15) is 57.1 Å². The smallest absolute Gasteiger partial charge is 0.241 e. The highest BCUT2D eigenvalue weighted by Gasteiger charge is 2.18. The first-order valence-electron chi connectivity index (χ1n) is 10.9. The number of halogens is 1. The number of aryl methyl sites for hydroxylation is 2. The van der Waals surface area contributed by atoms with Crippen LogP contribution in [-0.4, -0.2) is 28.7 Å². The number of anilines is 1.